The summed E-state index contributed by atoms with van der Waals surface area (Å²) in [4.78, 5) is 25.3. The number of esters is 2. The van der Waals surface area contributed by atoms with E-state index in [1.165, 1.54) is 103 Å². The lowest BCUT2D eigenvalue weighted by Gasteiger charge is -2.39. The van der Waals surface area contributed by atoms with Gasteiger partial charge in [0.1, 0.15) is 31.0 Å². The van der Waals surface area contributed by atoms with Crippen LogP contribution in [0.5, 0.6) is 0 Å². The molecule has 0 aliphatic carbocycles. The van der Waals surface area contributed by atoms with Gasteiger partial charge < -0.3 is 39.4 Å². The summed E-state index contributed by atoms with van der Waals surface area (Å²) < 4.78 is 22.1. The molecule has 6 atom stereocenters. The molecule has 1 heterocycles. The number of hydrogen-bond acceptors (Lipinski definition) is 10. The average molecular weight is 797 g/mol. The lowest BCUT2D eigenvalue weighted by atomic mass is 9.99. The molecule has 1 aliphatic heterocycles. The van der Waals surface area contributed by atoms with Crippen LogP contribution >= 0.6 is 0 Å². The van der Waals surface area contributed by atoms with Crippen molar-refractivity contribution >= 4 is 11.9 Å². The van der Waals surface area contributed by atoms with Crippen LogP contribution in [0.25, 0.3) is 0 Å². The van der Waals surface area contributed by atoms with Crippen LogP contribution < -0.4 is 0 Å². The Bertz CT molecular complexity index is 970. The lowest BCUT2D eigenvalue weighted by Crippen LogP contribution is -2.59. The number of unbranched alkanes of at least 4 members (excludes halogenated alkanes) is 23. The second-order valence-corrected chi connectivity index (χ2v) is 15.8. The number of carbonyl (C=O) groups excluding carboxylic acids is 2. The number of ether oxygens (including phenoxy) is 4. The topological polar surface area (TPSA) is 152 Å². The molecule has 0 aromatic heterocycles. The van der Waals surface area contributed by atoms with Crippen molar-refractivity contribution < 1.29 is 49.0 Å². The van der Waals surface area contributed by atoms with Crippen LogP contribution in [0, 0.1) is 0 Å². The van der Waals surface area contributed by atoms with Gasteiger partial charge in [0, 0.05) is 12.8 Å². The maximum atomic E-state index is 12.8. The third kappa shape index (κ3) is 28.6. The Morgan fingerprint density at radius 2 is 0.982 bits per heavy atom. The second-order valence-electron chi connectivity index (χ2n) is 15.8. The maximum Gasteiger partial charge on any atom is 0.306 e. The van der Waals surface area contributed by atoms with E-state index in [1.54, 1.807) is 0 Å². The lowest BCUT2D eigenvalue weighted by molar-refractivity contribution is -0.305. The normalized spacial score (nSPS) is 20.6. The summed E-state index contributed by atoms with van der Waals surface area (Å²) in [7, 11) is 0. The molecule has 0 aromatic carbocycles. The van der Waals surface area contributed by atoms with E-state index >= 15 is 0 Å². The molecule has 0 aromatic rings. The molecule has 6 unspecified atom stereocenters. The number of carbonyl (C=O) groups is 2. The molecule has 0 saturated carbocycles. The summed E-state index contributed by atoms with van der Waals surface area (Å²) in [6.07, 6.45) is 33.4. The monoisotopic (exact) mass is 797 g/mol. The van der Waals surface area contributed by atoms with E-state index < -0.39 is 49.4 Å². The zero-order valence-electron chi connectivity index (χ0n) is 35.6. The Labute approximate surface area is 341 Å². The zero-order valence-corrected chi connectivity index (χ0v) is 35.6. The van der Waals surface area contributed by atoms with Crippen molar-refractivity contribution in [1.82, 2.24) is 0 Å². The molecule has 4 N–H and O–H groups in total. The van der Waals surface area contributed by atoms with Crippen LogP contribution in [0.15, 0.2) is 24.3 Å². The van der Waals surface area contributed by atoms with E-state index in [9.17, 15) is 30.0 Å². The number of allylic oxidation sites excluding steroid dienone is 4. The Hall–Kier alpha value is -1.82. The largest absolute Gasteiger partial charge is 0.462 e. The Kier molecular flexibility index (Phi) is 34.9. The van der Waals surface area contributed by atoms with Crippen LogP contribution in [0.3, 0.4) is 0 Å². The van der Waals surface area contributed by atoms with Gasteiger partial charge in [0.15, 0.2) is 12.4 Å². The smallest absolute Gasteiger partial charge is 0.306 e. The molecule has 10 heteroatoms. The highest BCUT2D eigenvalue weighted by atomic mass is 16.7. The van der Waals surface area contributed by atoms with Crippen molar-refractivity contribution in [2.75, 3.05) is 19.8 Å². The van der Waals surface area contributed by atoms with Crippen LogP contribution in [-0.2, 0) is 28.5 Å². The van der Waals surface area contributed by atoms with Crippen molar-refractivity contribution in [3.63, 3.8) is 0 Å². The van der Waals surface area contributed by atoms with Crippen LogP contribution in [-0.4, -0.2) is 89.0 Å². The third-order valence-electron chi connectivity index (χ3n) is 10.5. The SMILES string of the molecule is CCC/C=C\CCCCCCCC(=O)OCC(COC1OC(CO)C(O)C(O)C1O)OC(=O)CCCCCCCCCCC/C=C\CCCCCCCCCC. The van der Waals surface area contributed by atoms with Gasteiger partial charge in [-0.25, -0.2) is 0 Å². The zero-order chi connectivity index (χ0) is 40.9. The van der Waals surface area contributed by atoms with Gasteiger partial charge in [-0.3, -0.25) is 9.59 Å². The fourth-order valence-corrected chi connectivity index (χ4v) is 6.89. The van der Waals surface area contributed by atoms with Crippen LogP contribution in [0.1, 0.15) is 200 Å². The van der Waals surface area contributed by atoms with E-state index in [4.69, 9.17) is 18.9 Å². The summed E-state index contributed by atoms with van der Waals surface area (Å²) in [6.45, 7) is 3.35. The highest BCUT2D eigenvalue weighted by Gasteiger charge is 2.44. The molecular formula is C46H84O10. The summed E-state index contributed by atoms with van der Waals surface area (Å²) >= 11 is 0. The van der Waals surface area contributed by atoms with Crippen molar-refractivity contribution in [2.45, 2.75) is 237 Å². The van der Waals surface area contributed by atoms with Gasteiger partial charge in [-0.1, -0.05) is 154 Å². The Balaban J connectivity index is 2.27. The van der Waals surface area contributed by atoms with Crippen molar-refractivity contribution in [1.29, 1.82) is 0 Å². The highest BCUT2D eigenvalue weighted by Crippen LogP contribution is 2.23. The highest BCUT2D eigenvalue weighted by molar-refractivity contribution is 5.70. The van der Waals surface area contributed by atoms with Gasteiger partial charge in [0.25, 0.3) is 0 Å². The molecule has 0 bridgehead atoms. The van der Waals surface area contributed by atoms with E-state index in [-0.39, 0.29) is 32.0 Å². The molecule has 10 nitrogen and oxygen atoms in total. The first-order valence-electron chi connectivity index (χ1n) is 22.9. The molecule has 1 saturated heterocycles. The van der Waals surface area contributed by atoms with Crippen molar-refractivity contribution in [2.24, 2.45) is 0 Å². The molecular weight excluding hydrogens is 712 g/mol. The van der Waals surface area contributed by atoms with Crippen molar-refractivity contribution in [3.05, 3.63) is 24.3 Å². The number of hydrogen-bond donors (Lipinski definition) is 4. The van der Waals surface area contributed by atoms with E-state index in [2.05, 4.69) is 38.2 Å². The first-order valence-corrected chi connectivity index (χ1v) is 22.9. The van der Waals surface area contributed by atoms with Gasteiger partial charge in [0.2, 0.25) is 0 Å². The first kappa shape index (κ1) is 52.2. The summed E-state index contributed by atoms with van der Waals surface area (Å²) in [5.74, 6) is -0.817. The van der Waals surface area contributed by atoms with E-state index in [0.717, 1.165) is 57.8 Å². The van der Waals surface area contributed by atoms with Gasteiger partial charge in [-0.2, -0.15) is 0 Å². The summed E-state index contributed by atoms with van der Waals surface area (Å²) in [6, 6.07) is 0. The summed E-state index contributed by atoms with van der Waals surface area (Å²) in [5.41, 5.74) is 0. The van der Waals surface area contributed by atoms with Gasteiger partial charge in [-0.05, 0) is 57.8 Å². The fraction of sp³-hybridized carbons (Fsp3) is 0.870. The molecule has 0 spiro atoms. The minimum Gasteiger partial charge on any atom is -0.462 e. The number of rotatable bonds is 38. The van der Waals surface area contributed by atoms with Crippen LogP contribution in [0.2, 0.25) is 0 Å². The predicted molar refractivity (Wildman–Crippen MR) is 224 cm³/mol. The molecule has 328 valence electrons. The summed E-state index contributed by atoms with van der Waals surface area (Å²) in [5, 5.41) is 40.0. The van der Waals surface area contributed by atoms with Crippen molar-refractivity contribution in [3.8, 4) is 0 Å². The average Bonchev–Trinajstić information content (AvgIpc) is 3.19. The first-order chi connectivity index (χ1) is 27.3. The van der Waals surface area contributed by atoms with Gasteiger partial charge in [0.05, 0.1) is 13.2 Å². The van der Waals surface area contributed by atoms with E-state index in [0.29, 0.717) is 12.8 Å². The standard InChI is InChI=1S/C46H84O10/c1-3-5-7-9-11-13-15-16-17-18-19-20-21-22-23-24-25-27-29-31-33-35-42(49)55-39(38-54-46-45(52)44(51)43(50)40(36-47)56-46)37-53-41(48)34-32-30-28-26-14-12-10-8-6-4-2/h8,10,18-19,39-40,43-47,50-52H,3-7,9,11-17,20-38H2,1-2H3/b10-8-,19-18-. The molecule has 1 fully saturated rings. The second kappa shape index (κ2) is 37.5. The molecule has 1 aliphatic rings. The number of aliphatic hydroxyl groups excluding tert-OH is 4. The maximum absolute atomic E-state index is 12.8. The number of aliphatic hydroxyl groups is 4. The molecule has 0 amide bonds. The predicted octanol–water partition coefficient (Wildman–Crippen LogP) is 9.72. The fourth-order valence-electron chi connectivity index (χ4n) is 6.89. The molecule has 0 radical (unpaired) electrons. The van der Waals surface area contributed by atoms with E-state index in [1.807, 2.05) is 0 Å². The quantitative estimate of drug-likeness (QED) is 0.0270. The van der Waals surface area contributed by atoms with Gasteiger partial charge >= 0.3 is 11.9 Å². The molecule has 56 heavy (non-hydrogen) atoms. The molecule has 1 rings (SSSR count). The third-order valence-corrected chi connectivity index (χ3v) is 10.5. The van der Waals surface area contributed by atoms with Crippen LogP contribution in [0.4, 0.5) is 0 Å². The Morgan fingerprint density at radius 3 is 1.46 bits per heavy atom. The minimum atomic E-state index is -1.59. The Morgan fingerprint density at radius 1 is 0.536 bits per heavy atom. The van der Waals surface area contributed by atoms with Gasteiger partial charge in [-0.15, -0.1) is 0 Å². The minimum absolute atomic E-state index is 0.221.